The molecule has 0 heterocycles. The predicted octanol–water partition coefficient (Wildman–Crippen LogP) is -0.464. The molecule has 2 N–H and O–H groups in total. The van der Waals surface area contributed by atoms with Gasteiger partial charge in [-0.3, -0.25) is 0 Å². The number of hydrogen-bond donors (Lipinski definition) is 2. The summed E-state index contributed by atoms with van der Waals surface area (Å²) in [7, 11) is 0. The summed E-state index contributed by atoms with van der Waals surface area (Å²) >= 11 is 0. The first-order chi connectivity index (χ1) is 4.72. The van der Waals surface area contributed by atoms with E-state index in [4.69, 9.17) is 20.7 Å². The summed E-state index contributed by atoms with van der Waals surface area (Å²) < 4.78 is 0. The molecule has 0 aliphatic carbocycles. The van der Waals surface area contributed by atoms with E-state index in [1.54, 1.807) is 12.1 Å². The van der Waals surface area contributed by atoms with Gasteiger partial charge in [0, 0.05) is 0 Å². The highest BCUT2D eigenvalue weighted by Gasteiger charge is 2.14. The van der Waals surface area contributed by atoms with Crippen LogP contribution in [0.25, 0.3) is 0 Å². The van der Waals surface area contributed by atoms with Crippen LogP contribution in [0.3, 0.4) is 0 Å². The van der Waals surface area contributed by atoms with Crippen molar-refractivity contribution >= 4 is 0 Å². The summed E-state index contributed by atoms with van der Waals surface area (Å²) in [6.45, 7) is 0. The van der Waals surface area contributed by atoms with Crippen LogP contribution in [0.4, 0.5) is 0 Å². The number of nitrogens with zero attached hydrogens (tertiary/aromatic N) is 2. The van der Waals surface area contributed by atoms with E-state index >= 15 is 0 Å². The highest BCUT2D eigenvalue weighted by atomic mass is 16.3. The van der Waals surface area contributed by atoms with Crippen LogP contribution in [0, 0.1) is 22.7 Å². The molecule has 2 unspecified atom stereocenters. The molecule has 0 rings (SSSR count). The maximum atomic E-state index is 8.83. The lowest BCUT2D eigenvalue weighted by Crippen LogP contribution is -2.24. The molecule has 0 spiro atoms. The van der Waals surface area contributed by atoms with Crippen molar-refractivity contribution in [2.24, 2.45) is 0 Å². The van der Waals surface area contributed by atoms with Gasteiger partial charge in [0.05, 0.1) is 37.2 Å². The van der Waals surface area contributed by atoms with Crippen molar-refractivity contribution in [3.63, 3.8) is 0 Å². The van der Waals surface area contributed by atoms with Gasteiger partial charge in [0.15, 0.2) is 0 Å². The molecule has 0 saturated carbocycles. The van der Waals surface area contributed by atoms with Crippen LogP contribution in [0.5, 0.6) is 0 Å². The first-order valence-electron chi connectivity index (χ1n) is 2.82. The second-order valence-electron chi connectivity index (χ2n) is 1.86. The summed E-state index contributed by atoms with van der Waals surface area (Å²) in [5, 5.41) is 33.7. The summed E-state index contributed by atoms with van der Waals surface area (Å²) in [6.07, 6.45) is -2.46. The minimum atomic E-state index is -1.09. The summed E-state index contributed by atoms with van der Waals surface area (Å²) in [6, 6.07) is 3.37. The lowest BCUT2D eigenvalue weighted by atomic mass is 10.1. The van der Waals surface area contributed by atoms with Crippen molar-refractivity contribution in [3.8, 4) is 12.1 Å². The third-order valence-corrected chi connectivity index (χ3v) is 1.05. The Morgan fingerprint density at radius 2 is 1.30 bits per heavy atom. The zero-order chi connectivity index (χ0) is 7.98. The summed E-state index contributed by atoms with van der Waals surface area (Å²) in [5.41, 5.74) is 0. The van der Waals surface area contributed by atoms with Gasteiger partial charge < -0.3 is 10.2 Å². The van der Waals surface area contributed by atoms with Gasteiger partial charge in [-0.2, -0.15) is 10.5 Å². The number of hydrogen-bond acceptors (Lipinski definition) is 4. The first-order valence-corrected chi connectivity index (χ1v) is 2.82. The molecule has 4 heteroatoms. The lowest BCUT2D eigenvalue weighted by Gasteiger charge is -2.09. The van der Waals surface area contributed by atoms with Crippen molar-refractivity contribution in [1.82, 2.24) is 0 Å². The van der Waals surface area contributed by atoms with E-state index in [0.29, 0.717) is 0 Å². The Bertz CT molecular complexity index is 148. The molecule has 4 nitrogen and oxygen atoms in total. The van der Waals surface area contributed by atoms with Crippen molar-refractivity contribution < 1.29 is 10.2 Å². The Kier molecular flexibility index (Phi) is 4.23. The first kappa shape index (κ1) is 8.90. The van der Waals surface area contributed by atoms with Crippen LogP contribution < -0.4 is 0 Å². The average Bonchev–Trinajstić information content (AvgIpc) is 1.89. The molecule has 0 aromatic carbocycles. The fourth-order valence-electron chi connectivity index (χ4n) is 0.459. The van der Waals surface area contributed by atoms with Crippen LogP contribution >= 0.6 is 0 Å². The van der Waals surface area contributed by atoms with Gasteiger partial charge in [-0.25, -0.2) is 0 Å². The van der Waals surface area contributed by atoms with E-state index in [9.17, 15) is 0 Å². The largest absolute Gasteiger partial charge is 0.389 e. The van der Waals surface area contributed by atoms with E-state index < -0.39 is 12.2 Å². The standard InChI is InChI=1S/C6H8N2O2/c7-3-1-5(9)6(10)2-4-8/h5-6,9-10H,1-2H2. The molecule has 0 aromatic heterocycles. The van der Waals surface area contributed by atoms with Crippen LogP contribution in [0.1, 0.15) is 12.8 Å². The molecule has 54 valence electrons. The quantitative estimate of drug-likeness (QED) is 0.555. The normalized spacial score (nSPS) is 14.8. The monoisotopic (exact) mass is 140 g/mol. The van der Waals surface area contributed by atoms with E-state index in [1.807, 2.05) is 0 Å². The molecule has 0 aliphatic rings. The second-order valence-corrected chi connectivity index (χ2v) is 1.86. The molecule has 0 saturated heterocycles. The highest BCUT2D eigenvalue weighted by molar-refractivity contribution is 4.85. The second kappa shape index (κ2) is 4.75. The van der Waals surface area contributed by atoms with Crippen molar-refractivity contribution in [2.45, 2.75) is 25.0 Å². The smallest absolute Gasteiger partial charge is 0.0938 e. The third-order valence-electron chi connectivity index (χ3n) is 1.05. The highest BCUT2D eigenvalue weighted by Crippen LogP contribution is 2.00. The molecule has 0 bridgehead atoms. The fourth-order valence-corrected chi connectivity index (χ4v) is 0.459. The van der Waals surface area contributed by atoms with Crippen molar-refractivity contribution in [3.05, 3.63) is 0 Å². The molecular weight excluding hydrogens is 132 g/mol. The summed E-state index contributed by atoms with van der Waals surface area (Å²) in [5.74, 6) is 0. The van der Waals surface area contributed by atoms with Crippen LogP contribution in [0.2, 0.25) is 0 Å². The lowest BCUT2D eigenvalue weighted by molar-refractivity contribution is 0.0259. The topological polar surface area (TPSA) is 88.0 Å². The van der Waals surface area contributed by atoms with Gasteiger partial charge in [-0.15, -0.1) is 0 Å². The van der Waals surface area contributed by atoms with Crippen LogP contribution in [-0.4, -0.2) is 22.4 Å². The zero-order valence-electron chi connectivity index (χ0n) is 5.36. The molecule has 0 fully saturated rings. The Labute approximate surface area is 58.9 Å². The third kappa shape index (κ3) is 3.03. The molecule has 0 radical (unpaired) electrons. The molecule has 2 atom stereocenters. The van der Waals surface area contributed by atoms with Gasteiger partial charge in [0.2, 0.25) is 0 Å². The predicted molar refractivity (Wildman–Crippen MR) is 32.5 cm³/mol. The molecule has 10 heavy (non-hydrogen) atoms. The van der Waals surface area contributed by atoms with E-state index in [1.165, 1.54) is 0 Å². The molecule has 0 amide bonds. The van der Waals surface area contributed by atoms with Crippen LogP contribution in [0.15, 0.2) is 0 Å². The van der Waals surface area contributed by atoms with Crippen LogP contribution in [-0.2, 0) is 0 Å². The minimum absolute atomic E-state index is 0.136. The van der Waals surface area contributed by atoms with Gasteiger partial charge in [0.1, 0.15) is 0 Å². The van der Waals surface area contributed by atoms with Crippen molar-refractivity contribution in [2.75, 3.05) is 0 Å². The van der Waals surface area contributed by atoms with Gasteiger partial charge in [-0.05, 0) is 0 Å². The SMILES string of the molecule is N#CCC(O)C(O)CC#N. The van der Waals surface area contributed by atoms with E-state index in [0.717, 1.165) is 0 Å². The summed E-state index contributed by atoms with van der Waals surface area (Å²) in [4.78, 5) is 0. The maximum absolute atomic E-state index is 8.83. The van der Waals surface area contributed by atoms with Gasteiger partial charge >= 0.3 is 0 Å². The number of rotatable bonds is 3. The zero-order valence-corrected chi connectivity index (χ0v) is 5.36. The van der Waals surface area contributed by atoms with Gasteiger partial charge in [-0.1, -0.05) is 0 Å². The van der Waals surface area contributed by atoms with Gasteiger partial charge in [0.25, 0.3) is 0 Å². The molecule has 0 aromatic rings. The Morgan fingerprint density at radius 1 is 1.00 bits per heavy atom. The number of nitriles is 2. The minimum Gasteiger partial charge on any atom is -0.389 e. The molecular formula is C6H8N2O2. The molecule has 0 aliphatic heterocycles. The fraction of sp³-hybridized carbons (Fsp3) is 0.667. The van der Waals surface area contributed by atoms with Crippen molar-refractivity contribution in [1.29, 1.82) is 10.5 Å². The Hall–Kier alpha value is -1.10. The Morgan fingerprint density at radius 3 is 1.50 bits per heavy atom. The maximum Gasteiger partial charge on any atom is 0.0938 e. The van der Waals surface area contributed by atoms with E-state index in [2.05, 4.69) is 0 Å². The number of aliphatic hydroxyl groups excluding tert-OH is 2. The Balaban J connectivity index is 3.63. The average molecular weight is 140 g/mol. The van der Waals surface area contributed by atoms with E-state index in [-0.39, 0.29) is 12.8 Å². The number of aliphatic hydroxyl groups is 2.